The molecule has 0 aromatic heterocycles. The van der Waals surface area contributed by atoms with Crippen molar-refractivity contribution in [3.8, 4) is 11.5 Å². The zero-order valence-corrected chi connectivity index (χ0v) is 27.0. The van der Waals surface area contributed by atoms with Gasteiger partial charge in [0.1, 0.15) is 11.5 Å². The molecule has 2 heterocycles. The quantitative estimate of drug-likeness (QED) is 0.288. The molecule has 41 heavy (non-hydrogen) atoms. The molecule has 2 fully saturated rings. The van der Waals surface area contributed by atoms with Crippen molar-refractivity contribution >= 4 is 37.8 Å². The maximum absolute atomic E-state index is 14.8. The number of carbonyl (C=O) groups excluding carboxylic acids is 1. The van der Waals surface area contributed by atoms with Crippen LogP contribution in [0.1, 0.15) is 49.5 Å². The summed E-state index contributed by atoms with van der Waals surface area (Å²) in [7, 11) is 0. The van der Waals surface area contributed by atoms with Gasteiger partial charge < -0.3 is 19.3 Å². The molecule has 2 aliphatic rings. The lowest BCUT2D eigenvalue weighted by molar-refractivity contribution is -0.141. The van der Waals surface area contributed by atoms with Crippen LogP contribution in [0.4, 0.5) is 0 Å². The molecule has 3 aromatic carbocycles. The van der Waals surface area contributed by atoms with E-state index in [0.717, 1.165) is 45.3 Å². The minimum atomic E-state index is -1.22. The van der Waals surface area contributed by atoms with Crippen LogP contribution in [0.2, 0.25) is 0 Å². The fourth-order valence-electron chi connectivity index (χ4n) is 5.81. The molecule has 9 heteroatoms. The van der Waals surface area contributed by atoms with Crippen molar-refractivity contribution in [3.05, 3.63) is 92.4 Å². The molecule has 2 aliphatic heterocycles. The molecule has 1 amide bonds. The van der Waals surface area contributed by atoms with E-state index in [2.05, 4.69) is 78.6 Å². The van der Waals surface area contributed by atoms with Gasteiger partial charge in [-0.2, -0.15) is 0 Å². The average molecular weight is 686 g/mol. The number of rotatable bonds is 9. The summed E-state index contributed by atoms with van der Waals surface area (Å²) in [6.07, 6.45) is 0. The van der Waals surface area contributed by atoms with Gasteiger partial charge in [0.15, 0.2) is 5.66 Å². The van der Waals surface area contributed by atoms with Crippen molar-refractivity contribution < 1.29 is 14.3 Å². The number of ether oxygens (including phenoxy) is 2. The zero-order valence-electron chi connectivity index (χ0n) is 23.8. The summed E-state index contributed by atoms with van der Waals surface area (Å²) in [5, 5.41) is 7.66. The molecule has 0 aliphatic carbocycles. The van der Waals surface area contributed by atoms with Crippen molar-refractivity contribution in [3.63, 3.8) is 0 Å². The Morgan fingerprint density at radius 3 is 1.83 bits per heavy atom. The first kappa shape index (κ1) is 30.0. The topological polar surface area (TPSA) is 66.1 Å². The molecule has 218 valence electrons. The Morgan fingerprint density at radius 2 is 1.34 bits per heavy atom. The van der Waals surface area contributed by atoms with E-state index >= 15 is 0 Å². The Morgan fingerprint density at radius 1 is 0.805 bits per heavy atom. The van der Waals surface area contributed by atoms with Crippen LogP contribution in [-0.4, -0.2) is 61.6 Å². The third-order valence-electron chi connectivity index (χ3n) is 7.93. The van der Waals surface area contributed by atoms with Crippen LogP contribution >= 0.6 is 31.9 Å². The zero-order chi connectivity index (χ0) is 29.0. The first-order valence-corrected chi connectivity index (χ1v) is 15.9. The van der Waals surface area contributed by atoms with Crippen molar-refractivity contribution in [2.45, 2.75) is 38.5 Å². The molecule has 2 atom stereocenters. The Labute approximate surface area is 259 Å². The van der Waals surface area contributed by atoms with Gasteiger partial charge in [-0.25, -0.2) is 0 Å². The van der Waals surface area contributed by atoms with Crippen LogP contribution in [0.15, 0.2) is 75.7 Å². The Hall–Kier alpha value is -2.43. The Balaban J connectivity index is 1.65. The SMILES string of the molecule is CCOc1ccc(C2(C(=O)N3CCN(CC)CC3)NC(c3ccc(Br)cc3)C(c3ccc(Br)cc3)N2)c(OCC)c1. The first-order chi connectivity index (χ1) is 19.9. The summed E-state index contributed by atoms with van der Waals surface area (Å²) in [6.45, 7) is 11.1. The van der Waals surface area contributed by atoms with Crippen LogP contribution in [-0.2, 0) is 10.5 Å². The highest BCUT2D eigenvalue weighted by Gasteiger charge is 2.54. The maximum atomic E-state index is 14.8. The van der Waals surface area contributed by atoms with Gasteiger partial charge in [-0.3, -0.25) is 15.4 Å². The molecule has 0 spiro atoms. The van der Waals surface area contributed by atoms with E-state index in [1.807, 2.05) is 61.2 Å². The summed E-state index contributed by atoms with van der Waals surface area (Å²) in [5.41, 5.74) is 1.71. The van der Waals surface area contributed by atoms with E-state index in [1.54, 1.807) is 0 Å². The fraction of sp³-hybridized carbons (Fsp3) is 0.406. The fourth-order valence-corrected chi connectivity index (χ4v) is 6.34. The number of benzene rings is 3. The van der Waals surface area contributed by atoms with Crippen LogP contribution < -0.4 is 20.1 Å². The second-order valence-corrected chi connectivity index (χ2v) is 12.2. The molecule has 2 saturated heterocycles. The second kappa shape index (κ2) is 13.3. The predicted molar refractivity (Wildman–Crippen MR) is 169 cm³/mol. The molecular formula is C32H38Br2N4O3. The number of piperazine rings is 1. The lowest BCUT2D eigenvalue weighted by atomic mass is 9.95. The average Bonchev–Trinajstić information content (AvgIpc) is 3.40. The summed E-state index contributed by atoms with van der Waals surface area (Å²) in [5.74, 6) is 1.34. The van der Waals surface area contributed by atoms with Crippen LogP contribution in [0.25, 0.3) is 0 Å². The van der Waals surface area contributed by atoms with Crippen LogP contribution in [0, 0.1) is 0 Å². The highest BCUT2D eigenvalue weighted by molar-refractivity contribution is 9.10. The van der Waals surface area contributed by atoms with Gasteiger partial charge >= 0.3 is 0 Å². The summed E-state index contributed by atoms with van der Waals surface area (Å²) in [6, 6.07) is 22.0. The van der Waals surface area contributed by atoms with Crippen molar-refractivity contribution in [1.29, 1.82) is 0 Å². The molecule has 0 radical (unpaired) electrons. The molecule has 7 nitrogen and oxygen atoms in total. The predicted octanol–water partition coefficient (Wildman–Crippen LogP) is 6.00. The van der Waals surface area contributed by atoms with Gasteiger partial charge in [0.05, 0.1) is 25.3 Å². The van der Waals surface area contributed by atoms with E-state index < -0.39 is 5.66 Å². The largest absolute Gasteiger partial charge is 0.494 e. The normalized spacial score (nSPS) is 23.0. The number of carbonyl (C=O) groups is 1. The number of hydrogen-bond acceptors (Lipinski definition) is 6. The first-order valence-electron chi connectivity index (χ1n) is 14.4. The van der Waals surface area contributed by atoms with E-state index in [4.69, 9.17) is 9.47 Å². The van der Waals surface area contributed by atoms with Gasteiger partial charge in [-0.1, -0.05) is 63.0 Å². The monoisotopic (exact) mass is 684 g/mol. The molecule has 0 bridgehead atoms. The molecule has 3 aromatic rings. The van der Waals surface area contributed by atoms with Gasteiger partial charge in [-0.05, 0) is 67.9 Å². The molecule has 2 unspecified atom stereocenters. The molecular weight excluding hydrogens is 648 g/mol. The molecule has 2 N–H and O–H groups in total. The van der Waals surface area contributed by atoms with Crippen molar-refractivity contribution in [2.75, 3.05) is 45.9 Å². The lowest BCUT2D eigenvalue weighted by Crippen LogP contribution is -2.62. The summed E-state index contributed by atoms with van der Waals surface area (Å²) in [4.78, 5) is 19.2. The van der Waals surface area contributed by atoms with Crippen molar-refractivity contribution in [2.24, 2.45) is 0 Å². The minimum Gasteiger partial charge on any atom is -0.494 e. The maximum Gasteiger partial charge on any atom is 0.262 e. The highest BCUT2D eigenvalue weighted by atomic mass is 79.9. The summed E-state index contributed by atoms with van der Waals surface area (Å²) < 4.78 is 14.0. The number of halogens is 2. The highest BCUT2D eigenvalue weighted by Crippen LogP contribution is 2.45. The van der Waals surface area contributed by atoms with Gasteiger partial charge in [0, 0.05) is 46.8 Å². The van der Waals surface area contributed by atoms with Crippen LogP contribution in [0.5, 0.6) is 11.5 Å². The van der Waals surface area contributed by atoms with Crippen LogP contribution in [0.3, 0.4) is 0 Å². The third kappa shape index (κ3) is 6.34. The number of nitrogens with one attached hydrogen (secondary N) is 2. The van der Waals surface area contributed by atoms with E-state index in [0.29, 0.717) is 37.8 Å². The molecule has 5 rings (SSSR count). The van der Waals surface area contributed by atoms with Crippen molar-refractivity contribution in [1.82, 2.24) is 20.4 Å². The minimum absolute atomic E-state index is 0.0000828. The smallest absolute Gasteiger partial charge is 0.262 e. The Bertz CT molecular complexity index is 1270. The Kier molecular flexibility index (Phi) is 9.71. The van der Waals surface area contributed by atoms with Gasteiger partial charge in [0.2, 0.25) is 0 Å². The molecule has 0 saturated carbocycles. The van der Waals surface area contributed by atoms with E-state index in [-0.39, 0.29) is 18.0 Å². The number of hydrogen-bond donors (Lipinski definition) is 2. The lowest BCUT2D eigenvalue weighted by Gasteiger charge is -2.40. The standard InChI is InChI=1S/C32H38Br2N4O3/c1-4-37-17-19-38(20-18-37)31(39)32(27-16-15-26(40-5-2)21-28(27)41-6-3)35-29(22-7-11-24(33)12-8-22)30(36-32)23-9-13-25(34)14-10-23/h7-16,21,29-30,35-36H,4-6,17-20H2,1-3H3. The van der Waals surface area contributed by atoms with Gasteiger partial charge in [-0.15, -0.1) is 0 Å². The second-order valence-electron chi connectivity index (χ2n) is 10.3. The van der Waals surface area contributed by atoms with Gasteiger partial charge in [0.25, 0.3) is 5.91 Å². The number of amides is 1. The third-order valence-corrected chi connectivity index (χ3v) is 8.99. The number of likely N-dealkylation sites (N-methyl/N-ethyl adjacent to an activating group) is 1. The van der Waals surface area contributed by atoms with E-state index in [1.165, 1.54) is 0 Å². The van der Waals surface area contributed by atoms with E-state index in [9.17, 15) is 4.79 Å². The summed E-state index contributed by atoms with van der Waals surface area (Å²) >= 11 is 7.16. The number of nitrogens with zero attached hydrogens (tertiary/aromatic N) is 2.